The summed E-state index contributed by atoms with van der Waals surface area (Å²) in [6, 6.07) is 27.2. The number of carbonyl (C=O) groups is 1. The van der Waals surface area contributed by atoms with Gasteiger partial charge in [-0.15, -0.1) is 13.2 Å². The Bertz CT molecular complexity index is 1400. The lowest BCUT2D eigenvalue weighted by Gasteiger charge is -2.31. The van der Waals surface area contributed by atoms with Gasteiger partial charge in [-0.25, -0.2) is 4.98 Å². The highest BCUT2D eigenvalue weighted by atomic mass is 19.4. The van der Waals surface area contributed by atoms with Crippen molar-refractivity contribution in [2.24, 2.45) is 0 Å². The summed E-state index contributed by atoms with van der Waals surface area (Å²) < 4.78 is 47.0. The van der Waals surface area contributed by atoms with Crippen LogP contribution in [-0.4, -0.2) is 41.3 Å². The molecule has 1 aliphatic rings. The van der Waals surface area contributed by atoms with Crippen molar-refractivity contribution in [1.29, 1.82) is 0 Å². The van der Waals surface area contributed by atoms with E-state index in [1.54, 1.807) is 18.3 Å². The van der Waals surface area contributed by atoms with Gasteiger partial charge in [0.2, 0.25) is 5.88 Å². The summed E-state index contributed by atoms with van der Waals surface area (Å²) in [6.45, 7) is 2.62. The van der Waals surface area contributed by atoms with E-state index >= 15 is 0 Å². The molecule has 1 aliphatic heterocycles. The highest BCUT2D eigenvalue weighted by molar-refractivity contribution is 5.94. The van der Waals surface area contributed by atoms with Gasteiger partial charge in [0, 0.05) is 44.0 Å². The molecule has 212 valence electrons. The molecule has 41 heavy (non-hydrogen) atoms. The van der Waals surface area contributed by atoms with Gasteiger partial charge in [-0.05, 0) is 59.4 Å². The average molecular weight is 562 g/mol. The number of piperidine rings is 1. The summed E-state index contributed by atoms with van der Waals surface area (Å²) in [5.41, 5.74) is 4.54. The van der Waals surface area contributed by atoms with Crippen molar-refractivity contribution < 1.29 is 27.4 Å². The van der Waals surface area contributed by atoms with E-state index in [0.717, 1.165) is 48.2 Å². The first-order valence-corrected chi connectivity index (χ1v) is 13.4. The van der Waals surface area contributed by atoms with Crippen LogP contribution in [0, 0.1) is 0 Å². The second-order valence-electron chi connectivity index (χ2n) is 9.92. The Morgan fingerprint density at radius 3 is 2.15 bits per heavy atom. The second-order valence-corrected chi connectivity index (χ2v) is 9.92. The topological polar surface area (TPSA) is 63.7 Å². The number of pyridine rings is 1. The van der Waals surface area contributed by atoms with Crippen LogP contribution in [0.4, 0.5) is 13.2 Å². The molecule has 1 aromatic heterocycles. The van der Waals surface area contributed by atoms with E-state index in [9.17, 15) is 18.0 Å². The minimum absolute atomic E-state index is 0.0331. The first-order chi connectivity index (χ1) is 19.8. The van der Waals surface area contributed by atoms with Crippen molar-refractivity contribution in [1.82, 2.24) is 15.2 Å². The fourth-order valence-electron chi connectivity index (χ4n) is 4.72. The molecule has 1 N–H and O–H groups in total. The average Bonchev–Trinajstić information content (AvgIpc) is 2.98. The molecule has 0 unspecified atom stereocenters. The Morgan fingerprint density at radius 2 is 1.51 bits per heavy atom. The monoisotopic (exact) mass is 561 g/mol. The summed E-state index contributed by atoms with van der Waals surface area (Å²) >= 11 is 0. The molecule has 1 fully saturated rings. The Hall–Kier alpha value is -4.37. The first kappa shape index (κ1) is 28.2. The lowest BCUT2D eigenvalue weighted by Crippen LogP contribution is -2.37. The molecule has 4 aromatic rings. The number of hydrogen-bond acceptors (Lipinski definition) is 5. The predicted octanol–water partition coefficient (Wildman–Crippen LogP) is 6.62. The van der Waals surface area contributed by atoms with Crippen LogP contribution in [0.5, 0.6) is 11.6 Å². The molecule has 0 aliphatic carbocycles. The number of amides is 1. The van der Waals surface area contributed by atoms with E-state index in [1.807, 2.05) is 66.7 Å². The number of aromatic nitrogens is 1. The van der Waals surface area contributed by atoms with Gasteiger partial charge in [-0.2, -0.15) is 0 Å². The molecular formula is C32H30F3N3O3. The highest BCUT2D eigenvalue weighted by Gasteiger charge is 2.31. The van der Waals surface area contributed by atoms with Crippen molar-refractivity contribution in [3.05, 3.63) is 114 Å². The molecular weight excluding hydrogens is 531 g/mol. The second kappa shape index (κ2) is 12.9. The van der Waals surface area contributed by atoms with Crippen molar-refractivity contribution in [2.45, 2.75) is 38.4 Å². The van der Waals surface area contributed by atoms with Crippen LogP contribution >= 0.6 is 0 Å². The van der Waals surface area contributed by atoms with Crippen LogP contribution in [0.3, 0.4) is 0 Å². The van der Waals surface area contributed by atoms with Gasteiger partial charge in [-0.1, -0.05) is 60.7 Å². The fraction of sp³-hybridized carbons (Fsp3) is 0.250. The number of alkyl halides is 3. The standard InChI is InChI=1S/C32H30F3N3O3/c33-32(34,35)41-29-13-6-23(7-14-29)22-38-18-16-28(17-19-38)40-30-15-8-24(20-36-30)21-37-31(39)27-11-9-26(10-12-27)25-4-2-1-3-5-25/h1-15,20,28H,16-19,21-22H2,(H,37,39). The third-order valence-electron chi connectivity index (χ3n) is 6.89. The van der Waals surface area contributed by atoms with Gasteiger partial charge in [0.1, 0.15) is 11.9 Å². The first-order valence-electron chi connectivity index (χ1n) is 13.4. The van der Waals surface area contributed by atoms with Crippen molar-refractivity contribution in [3.63, 3.8) is 0 Å². The van der Waals surface area contributed by atoms with E-state index < -0.39 is 6.36 Å². The van der Waals surface area contributed by atoms with Crippen LogP contribution in [0.25, 0.3) is 11.1 Å². The lowest BCUT2D eigenvalue weighted by molar-refractivity contribution is -0.274. The van der Waals surface area contributed by atoms with Crippen molar-refractivity contribution in [2.75, 3.05) is 13.1 Å². The zero-order valence-electron chi connectivity index (χ0n) is 22.3. The number of nitrogens with one attached hydrogen (secondary N) is 1. The molecule has 5 rings (SSSR count). The smallest absolute Gasteiger partial charge is 0.474 e. The fourth-order valence-corrected chi connectivity index (χ4v) is 4.72. The molecule has 0 saturated carbocycles. The van der Waals surface area contributed by atoms with Gasteiger partial charge in [0.15, 0.2) is 0 Å². The molecule has 6 nitrogen and oxygen atoms in total. The molecule has 0 spiro atoms. The number of carbonyl (C=O) groups excluding carboxylic acids is 1. The molecule has 1 amide bonds. The Morgan fingerprint density at radius 1 is 0.854 bits per heavy atom. The van der Waals surface area contributed by atoms with Gasteiger partial charge >= 0.3 is 6.36 Å². The molecule has 0 atom stereocenters. The van der Waals surface area contributed by atoms with E-state index in [-0.39, 0.29) is 17.8 Å². The highest BCUT2D eigenvalue weighted by Crippen LogP contribution is 2.24. The molecule has 1 saturated heterocycles. The molecule has 0 bridgehead atoms. The summed E-state index contributed by atoms with van der Waals surface area (Å²) in [5.74, 6) is 0.167. The van der Waals surface area contributed by atoms with Crippen LogP contribution in [0.15, 0.2) is 97.2 Å². The number of halogens is 3. The number of hydrogen-bond donors (Lipinski definition) is 1. The summed E-state index contributed by atoms with van der Waals surface area (Å²) in [5, 5.41) is 2.93. The number of benzene rings is 3. The number of nitrogens with zero attached hydrogens (tertiary/aromatic N) is 2. The van der Waals surface area contributed by atoms with Crippen LogP contribution in [0.1, 0.15) is 34.3 Å². The third kappa shape index (κ3) is 8.31. The lowest BCUT2D eigenvalue weighted by atomic mass is 10.0. The maximum absolute atomic E-state index is 12.6. The molecule has 3 aromatic carbocycles. The summed E-state index contributed by atoms with van der Waals surface area (Å²) in [7, 11) is 0. The largest absolute Gasteiger partial charge is 0.573 e. The van der Waals surface area contributed by atoms with Gasteiger partial charge in [0.25, 0.3) is 5.91 Å². The molecule has 0 radical (unpaired) electrons. The quantitative estimate of drug-likeness (QED) is 0.249. The Balaban J connectivity index is 1.03. The zero-order valence-corrected chi connectivity index (χ0v) is 22.3. The Kier molecular flexibility index (Phi) is 8.84. The number of likely N-dealkylation sites (tertiary alicyclic amines) is 1. The summed E-state index contributed by atoms with van der Waals surface area (Å²) in [4.78, 5) is 19.2. The van der Waals surface area contributed by atoms with Gasteiger partial charge < -0.3 is 14.8 Å². The number of rotatable bonds is 9. The van der Waals surface area contributed by atoms with E-state index in [0.29, 0.717) is 24.5 Å². The van der Waals surface area contributed by atoms with Gasteiger partial charge in [0.05, 0.1) is 0 Å². The predicted molar refractivity (Wildman–Crippen MR) is 149 cm³/mol. The maximum Gasteiger partial charge on any atom is 0.573 e. The van der Waals surface area contributed by atoms with Crippen molar-refractivity contribution in [3.8, 4) is 22.8 Å². The molecule has 9 heteroatoms. The minimum Gasteiger partial charge on any atom is -0.474 e. The SMILES string of the molecule is O=C(NCc1ccc(OC2CCN(Cc3ccc(OC(F)(F)F)cc3)CC2)nc1)c1ccc(-c2ccccc2)cc1. The van der Waals surface area contributed by atoms with Crippen LogP contribution in [-0.2, 0) is 13.1 Å². The minimum atomic E-state index is -4.69. The maximum atomic E-state index is 12.6. The third-order valence-corrected chi connectivity index (χ3v) is 6.89. The van der Waals surface area contributed by atoms with E-state index in [1.165, 1.54) is 12.1 Å². The Labute approximate surface area is 236 Å². The van der Waals surface area contributed by atoms with Gasteiger partial charge in [-0.3, -0.25) is 9.69 Å². The van der Waals surface area contributed by atoms with Crippen LogP contribution in [0.2, 0.25) is 0 Å². The summed E-state index contributed by atoms with van der Waals surface area (Å²) in [6.07, 6.45) is -1.32. The van der Waals surface area contributed by atoms with Crippen molar-refractivity contribution >= 4 is 5.91 Å². The zero-order chi connectivity index (χ0) is 28.7. The normalized spacial score (nSPS) is 14.4. The number of ether oxygens (including phenoxy) is 2. The van der Waals surface area contributed by atoms with E-state index in [4.69, 9.17) is 4.74 Å². The van der Waals surface area contributed by atoms with E-state index in [2.05, 4.69) is 19.9 Å². The van der Waals surface area contributed by atoms with Crippen LogP contribution < -0.4 is 14.8 Å². The molecule has 2 heterocycles.